The lowest BCUT2D eigenvalue weighted by Crippen LogP contribution is -2.26. The van der Waals surface area contributed by atoms with Gasteiger partial charge in [0.15, 0.2) is 5.16 Å². The minimum Gasteiger partial charge on any atom is -0.497 e. The molecule has 8 heteroatoms. The average molecular weight is 430 g/mol. The van der Waals surface area contributed by atoms with Crippen LogP contribution in [0.25, 0.3) is 10.2 Å². The van der Waals surface area contributed by atoms with Crippen molar-refractivity contribution in [3.63, 3.8) is 0 Å². The number of rotatable bonds is 8. The third kappa shape index (κ3) is 4.71. The Hall–Kier alpha value is -2.58. The number of amides is 1. The fourth-order valence-corrected chi connectivity index (χ4v) is 4.78. The molecule has 0 unspecified atom stereocenters. The molecular weight excluding hydrogens is 406 g/mol. The maximum atomic E-state index is 12.9. The number of ether oxygens (including phenoxy) is 1. The number of carbonyl (C=O) groups excluding carboxylic acids is 1. The molecule has 0 bridgehead atoms. The highest BCUT2D eigenvalue weighted by Gasteiger charge is 2.17. The molecule has 0 fully saturated rings. The highest BCUT2D eigenvalue weighted by Crippen LogP contribution is 2.28. The Morgan fingerprint density at radius 2 is 2.21 bits per heavy atom. The summed E-state index contributed by atoms with van der Waals surface area (Å²) in [7, 11) is 1.61. The van der Waals surface area contributed by atoms with Gasteiger partial charge in [0.25, 0.3) is 5.56 Å². The maximum absolute atomic E-state index is 12.9. The first kappa shape index (κ1) is 21.1. The Kier molecular flexibility index (Phi) is 6.76. The van der Waals surface area contributed by atoms with Crippen LogP contribution in [0.15, 0.2) is 46.9 Å². The molecule has 1 aromatic carbocycles. The van der Waals surface area contributed by atoms with Crippen molar-refractivity contribution in [1.29, 1.82) is 0 Å². The van der Waals surface area contributed by atoms with Crippen LogP contribution in [0, 0.1) is 13.8 Å². The molecule has 3 rings (SSSR count). The zero-order valence-corrected chi connectivity index (χ0v) is 18.3. The van der Waals surface area contributed by atoms with Crippen molar-refractivity contribution in [3.8, 4) is 5.75 Å². The van der Waals surface area contributed by atoms with Crippen LogP contribution in [0.1, 0.15) is 16.0 Å². The number of nitrogens with one attached hydrogen (secondary N) is 1. The van der Waals surface area contributed by atoms with Crippen molar-refractivity contribution in [3.05, 3.63) is 63.3 Å². The topological polar surface area (TPSA) is 73.2 Å². The van der Waals surface area contributed by atoms with Gasteiger partial charge in [0, 0.05) is 18.0 Å². The van der Waals surface area contributed by atoms with Crippen LogP contribution < -0.4 is 15.6 Å². The molecule has 0 aliphatic carbocycles. The molecule has 0 atom stereocenters. The van der Waals surface area contributed by atoms with Crippen LogP contribution in [0.4, 0.5) is 0 Å². The molecule has 0 aliphatic rings. The number of thioether (sulfide) groups is 1. The van der Waals surface area contributed by atoms with E-state index in [2.05, 4.69) is 16.9 Å². The second-order valence-electron chi connectivity index (χ2n) is 6.48. The largest absolute Gasteiger partial charge is 0.497 e. The van der Waals surface area contributed by atoms with Gasteiger partial charge in [-0.3, -0.25) is 14.2 Å². The van der Waals surface area contributed by atoms with Gasteiger partial charge < -0.3 is 10.1 Å². The smallest absolute Gasteiger partial charge is 0.263 e. The zero-order chi connectivity index (χ0) is 21.0. The number of benzene rings is 1. The second-order valence-corrected chi connectivity index (χ2v) is 8.62. The Morgan fingerprint density at radius 1 is 1.41 bits per heavy atom. The van der Waals surface area contributed by atoms with Gasteiger partial charge in [0.2, 0.25) is 5.91 Å². The lowest BCUT2D eigenvalue weighted by Gasteiger charge is -2.11. The number of aryl methyl sites for hydroxylation is 2. The van der Waals surface area contributed by atoms with E-state index in [4.69, 9.17) is 4.74 Å². The minimum absolute atomic E-state index is 0.0870. The van der Waals surface area contributed by atoms with Crippen LogP contribution >= 0.6 is 23.1 Å². The van der Waals surface area contributed by atoms with E-state index < -0.39 is 0 Å². The summed E-state index contributed by atoms with van der Waals surface area (Å²) >= 11 is 2.76. The molecule has 0 radical (unpaired) electrons. The van der Waals surface area contributed by atoms with E-state index in [0.29, 0.717) is 28.5 Å². The van der Waals surface area contributed by atoms with Crippen molar-refractivity contribution in [2.24, 2.45) is 0 Å². The molecule has 0 aliphatic heterocycles. The quantitative estimate of drug-likeness (QED) is 0.336. The Morgan fingerprint density at radius 3 is 2.93 bits per heavy atom. The summed E-state index contributed by atoms with van der Waals surface area (Å²) in [6.07, 6.45) is 1.66. The van der Waals surface area contributed by atoms with Crippen LogP contribution in [-0.4, -0.2) is 28.3 Å². The van der Waals surface area contributed by atoms with Gasteiger partial charge in [-0.15, -0.1) is 17.9 Å². The lowest BCUT2D eigenvalue weighted by atomic mass is 10.2. The van der Waals surface area contributed by atoms with Crippen molar-refractivity contribution < 1.29 is 9.53 Å². The van der Waals surface area contributed by atoms with E-state index in [9.17, 15) is 9.59 Å². The molecule has 29 heavy (non-hydrogen) atoms. The zero-order valence-electron chi connectivity index (χ0n) is 16.7. The number of hydrogen-bond acceptors (Lipinski definition) is 6. The molecule has 6 nitrogen and oxygen atoms in total. The van der Waals surface area contributed by atoms with E-state index in [0.717, 1.165) is 21.8 Å². The van der Waals surface area contributed by atoms with E-state index in [1.54, 1.807) is 17.8 Å². The summed E-state index contributed by atoms with van der Waals surface area (Å²) in [4.78, 5) is 31.7. The molecule has 0 saturated carbocycles. The summed E-state index contributed by atoms with van der Waals surface area (Å²) in [6.45, 7) is 8.42. The Bertz CT molecular complexity index is 1120. The summed E-state index contributed by atoms with van der Waals surface area (Å²) in [5.74, 6) is 0.789. The number of nitrogens with zero attached hydrogens (tertiary/aromatic N) is 2. The highest BCUT2D eigenvalue weighted by atomic mass is 32.2. The normalized spacial score (nSPS) is 10.9. The SMILES string of the molecule is C=CCn1c(SCC(=O)NCc2cccc(OC)c2)nc2sc(C)c(C)c2c1=O. The van der Waals surface area contributed by atoms with Crippen molar-refractivity contribution in [2.75, 3.05) is 12.9 Å². The van der Waals surface area contributed by atoms with E-state index >= 15 is 0 Å². The molecule has 2 aromatic heterocycles. The fourth-order valence-electron chi connectivity index (χ4n) is 2.87. The van der Waals surface area contributed by atoms with Gasteiger partial charge in [-0.25, -0.2) is 4.98 Å². The first-order chi connectivity index (χ1) is 13.9. The second kappa shape index (κ2) is 9.28. The van der Waals surface area contributed by atoms with Crippen molar-refractivity contribution in [1.82, 2.24) is 14.9 Å². The van der Waals surface area contributed by atoms with Crippen LogP contribution in [-0.2, 0) is 17.9 Å². The maximum Gasteiger partial charge on any atom is 0.263 e. The van der Waals surface area contributed by atoms with Gasteiger partial charge in [-0.05, 0) is 37.1 Å². The van der Waals surface area contributed by atoms with Gasteiger partial charge in [-0.1, -0.05) is 30.0 Å². The fraction of sp³-hybridized carbons (Fsp3) is 0.286. The number of hydrogen-bond donors (Lipinski definition) is 1. The van der Waals surface area contributed by atoms with Crippen molar-refractivity contribution >= 4 is 39.2 Å². The van der Waals surface area contributed by atoms with Gasteiger partial charge >= 0.3 is 0 Å². The number of methoxy groups -OCH3 is 1. The number of fused-ring (bicyclic) bond motifs is 1. The van der Waals surface area contributed by atoms with E-state index in [-0.39, 0.29) is 17.2 Å². The summed E-state index contributed by atoms with van der Waals surface area (Å²) in [6, 6.07) is 7.55. The summed E-state index contributed by atoms with van der Waals surface area (Å²) in [5.41, 5.74) is 1.83. The molecule has 0 saturated heterocycles. The monoisotopic (exact) mass is 429 g/mol. The molecule has 1 amide bonds. The molecule has 2 heterocycles. The summed E-state index contributed by atoms with van der Waals surface area (Å²) < 4.78 is 6.77. The van der Waals surface area contributed by atoms with Crippen molar-refractivity contribution in [2.45, 2.75) is 32.1 Å². The number of allylic oxidation sites excluding steroid dienone is 1. The molecule has 1 N–H and O–H groups in total. The van der Waals surface area contributed by atoms with Gasteiger partial charge in [0.05, 0.1) is 18.2 Å². The number of carbonyl (C=O) groups is 1. The molecule has 152 valence electrons. The third-order valence-corrected chi connectivity index (χ3v) is 6.60. The average Bonchev–Trinajstić information content (AvgIpc) is 3.01. The Balaban J connectivity index is 1.73. The first-order valence-electron chi connectivity index (χ1n) is 9.08. The van der Waals surface area contributed by atoms with Crippen LogP contribution in [0.2, 0.25) is 0 Å². The van der Waals surface area contributed by atoms with E-state index in [1.165, 1.54) is 23.1 Å². The molecule has 0 spiro atoms. The van der Waals surface area contributed by atoms with E-state index in [1.807, 2.05) is 38.1 Å². The van der Waals surface area contributed by atoms with Crippen LogP contribution in [0.5, 0.6) is 5.75 Å². The lowest BCUT2D eigenvalue weighted by molar-refractivity contribution is -0.118. The number of thiophene rings is 1. The predicted molar refractivity (Wildman–Crippen MR) is 119 cm³/mol. The highest BCUT2D eigenvalue weighted by molar-refractivity contribution is 7.99. The minimum atomic E-state index is -0.129. The number of aromatic nitrogens is 2. The molecular formula is C21H23N3O3S2. The van der Waals surface area contributed by atoms with Crippen LogP contribution in [0.3, 0.4) is 0 Å². The van der Waals surface area contributed by atoms with Gasteiger partial charge in [-0.2, -0.15) is 0 Å². The standard InChI is InChI=1S/C21H23N3O3S2/c1-5-9-24-20(26)18-13(2)14(3)29-19(18)23-21(24)28-12-17(25)22-11-15-7-6-8-16(10-15)27-4/h5-8,10H,1,9,11-12H2,2-4H3,(H,22,25). The third-order valence-electron chi connectivity index (χ3n) is 4.52. The predicted octanol–water partition coefficient (Wildman–Crippen LogP) is 3.68. The van der Waals surface area contributed by atoms with Gasteiger partial charge in [0.1, 0.15) is 10.6 Å². The Labute approximate surface area is 177 Å². The first-order valence-corrected chi connectivity index (χ1v) is 10.9. The molecule has 3 aromatic rings. The summed E-state index contributed by atoms with van der Waals surface area (Å²) in [5, 5.41) is 4.07.